The van der Waals surface area contributed by atoms with Gasteiger partial charge in [0.25, 0.3) is 0 Å². The summed E-state index contributed by atoms with van der Waals surface area (Å²) in [5.41, 5.74) is 0.719. The third kappa shape index (κ3) is 2.90. The predicted octanol–water partition coefficient (Wildman–Crippen LogP) is 2.19. The van der Waals surface area contributed by atoms with Gasteiger partial charge in [0.05, 0.1) is 19.0 Å². The molecule has 1 heterocycles. The molecule has 0 fully saturated rings. The molecule has 0 radical (unpaired) electrons. The minimum Gasteiger partial charge on any atom is -0.497 e. The van der Waals surface area contributed by atoms with Gasteiger partial charge in [-0.1, -0.05) is 0 Å². The van der Waals surface area contributed by atoms with Gasteiger partial charge in [-0.25, -0.2) is 4.79 Å². The van der Waals surface area contributed by atoms with E-state index in [2.05, 4.69) is 5.10 Å². The molecule has 0 spiro atoms. The van der Waals surface area contributed by atoms with Crippen LogP contribution in [-0.2, 0) is 13.2 Å². The van der Waals surface area contributed by atoms with E-state index in [1.165, 1.54) is 6.20 Å². The van der Waals surface area contributed by atoms with Crippen LogP contribution in [-0.4, -0.2) is 28.0 Å². The highest BCUT2D eigenvalue weighted by atomic mass is 16.5. The maximum atomic E-state index is 11.1. The lowest BCUT2D eigenvalue weighted by atomic mass is 10.2. The normalized spacial score (nSPS) is 10.3. The standard InChI is InChI=1S/C14H16N2O4/c1-3-16-13(12(8-15-16)14(17)18)9-20-11-6-4-10(19-2)5-7-11/h4-8H,3,9H2,1-2H3,(H,17,18). The first kappa shape index (κ1) is 13.9. The number of aromatic carboxylic acids is 1. The lowest BCUT2D eigenvalue weighted by Gasteiger charge is -2.09. The zero-order valence-corrected chi connectivity index (χ0v) is 11.4. The zero-order chi connectivity index (χ0) is 14.5. The molecule has 1 aromatic heterocycles. The Morgan fingerprint density at radius 3 is 2.50 bits per heavy atom. The highest BCUT2D eigenvalue weighted by molar-refractivity contribution is 5.88. The number of hydrogen-bond acceptors (Lipinski definition) is 4. The van der Waals surface area contributed by atoms with Crippen LogP contribution in [0.3, 0.4) is 0 Å². The third-order valence-electron chi connectivity index (χ3n) is 2.91. The van der Waals surface area contributed by atoms with Crippen LogP contribution in [0.5, 0.6) is 11.5 Å². The molecule has 0 unspecified atom stereocenters. The number of carboxylic acid groups (broad SMARTS) is 1. The van der Waals surface area contributed by atoms with Crippen LogP contribution in [0, 0.1) is 0 Å². The Balaban J connectivity index is 2.13. The van der Waals surface area contributed by atoms with Crippen molar-refractivity contribution in [3.63, 3.8) is 0 Å². The topological polar surface area (TPSA) is 73.6 Å². The highest BCUT2D eigenvalue weighted by Crippen LogP contribution is 2.19. The van der Waals surface area contributed by atoms with Crippen molar-refractivity contribution < 1.29 is 19.4 Å². The second-order valence-corrected chi connectivity index (χ2v) is 4.09. The molecule has 2 rings (SSSR count). The van der Waals surface area contributed by atoms with E-state index >= 15 is 0 Å². The molecule has 0 saturated carbocycles. The van der Waals surface area contributed by atoms with E-state index in [4.69, 9.17) is 14.6 Å². The summed E-state index contributed by atoms with van der Waals surface area (Å²) in [6.07, 6.45) is 1.35. The highest BCUT2D eigenvalue weighted by Gasteiger charge is 2.16. The maximum absolute atomic E-state index is 11.1. The van der Waals surface area contributed by atoms with Crippen molar-refractivity contribution in [2.45, 2.75) is 20.1 Å². The van der Waals surface area contributed by atoms with Crippen LogP contribution in [0.4, 0.5) is 0 Å². The summed E-state index contributed by atoms with van der Waals surface area (Å²) in [6.45, 7) is 2.64. The van der Waals surface area contributed by atoms with E-state index < -0.39 is 5.97 Å². The lowest BCUT2D eigenvalue weighted by Crippen LogP contribution is -2.10. The van der Waals surface area contributed by atoms with Crippen molar-refractivity contribution in [2.75, 3.05) is 7.11 Å². The molecule has 2 aromatic rings. The van der Waals surface area contributed by atoms with E-state index in [0.29, 0.717) is 18.0 Å². The van der Waals surface area contributed by atoms with Crippen LogP contribution in [0.2, 0.25) is 0 Å². The van der Waals surface area contributed by atoms with Crippen LogP contribution in [0.1, 0.15) is 23.0 Å². The predicted molar refractivity (Wildman–Crippen MR) is 72.2 cm³/mol. The van der Waals surface area contributed by atoms with E-state index in [9.17, 15) is 4.79 Å². The second kappa shape index (κ2) is 6.10. The van der Waals surface area contributed by atoms with Crippen molar-refractivity contribution >= 4 is 5.97 Å². The summed E-state index contributed by atoms with van der Waals surface area (Å²) >= 11 is 0. The summed E-state index contributed by atoms with van der Waals surface area (Å²) in [4.78, 5) is 11.1. The second-order valence-electron chi connectivity index (χ2n) is 4.09. The first-order valence-electron chi connectivity index (χ1n) is 6.20. The van der Waals surface area contributed by atoms with Crippen LogP contribution < -0.4 is 9.47 Å². The number of rotatable bonds is 6. The first-order valence-corrected chi connectivity index (χ1v) is 6.20. The number of ether oxygens (including phenoxy) is 2. The minimum absolute atomic E-state index is 0.155. The van der Waals surface area contributed by atoms with Gasteiger partial charge in [0.15, 0.2) is 0 Å². The average molecular weight is 276 g/mol. The van der Waals surface area contributed by atoms with Crippen molar-refractivity contribution in [2.24, 2.45) is 0 Å². The Morgan fingerprint density at radius 2 is 1.95 bits per heavy atom. The summed E-state index contributed by atoms with van der Waals surface area (Å²) in [5, 5.41) is 13.1. The lowest BCUT2D eigenvalue weighted by molar-refractivity contribution is 0.0693. The third-order valence-corrected chi connectivity index (χ3v) is 2.91. The minimum atomic E-state index is -1.00. The number of hydrogen-bond donors (Lipinski definition) is 1. The molecule has 0 saturated heterocycles. The van der Waals surface area contributed by atoms with Gasteiger partial charge >= 0.3 is 5.97 Å². The van der Waals surface area contributed by atoms with Gasteiger partial charge in [-0.3, -0.25) is 4.68 Å². The molecule has 0 bridgehead atoms. The smallest absolute Gasteiger partial charge is 0.339 e. The number of aryl methyl sites for hydroxylation is 1. The Labute approximate surface area is 116 Å². The monoisotopic (exact) mass is 276 g/mol. The molecular formula is C14H16N2O4. The molecular weight excluding hydrogens is 260 g/mol. The number of carboxylic acids is 1. The SMILES string of the molecule is CCn1ncc(C(=O)O)c1COc1ccc(OC)cc1. The fourth-order valence-corrected chi connectivity index (χ4v) is 1.84. The number of aromatic nitrogens is 2. The van der Waals surface area contributed by atoms with E-state index in [0.717, 1.165) is 5.75 Å². The van der Waals surface area contributed by atoms with Gasteiger partial charge in [0, 0.05) is 6.54 Å². The van der Waals surface area contributed by atoms with Crippen molar-refractivity contribution in [1.82, 2.24) is 9.78 Å². The summed E-state index contributed by atoms with van der Waals surface area (Å²) in [6, 6.07) is 7.10. The fraction of sp³-hybridized carbons (Fsp3) is 0.286. The van der Waals surface area contributed by atoms with Gasteiger partial charge in [-0.05, 0) is 31.2 Å². The molecule has 1 N–H and O–H groups in total. The van der Waals surface area contributed by atoms with Gasteiger partial charge in [0.2, 0.25) is 0 Å². The van der Waals surface area contributed by atoms with Gasteiger partial charge in [0.1, 0.15) is 23.7 Å². The van der Waals surface area contributed by atoms with Crippen molar-refractivity contribution in [3.05, 3.63) is 41.7 Å². The van der Waals surface area contributed by atoms with Crippen LogP contribution in [0.25, 0.3) is 0 Å². The van der Waals surface area contributed by atoms with E-state index in [1.54, 1.807) is 36.1 Å². The summed E-state index contributed by atoms with van der Waals surface area (Å²) < 4.78 is 12.3. The number of nitrogens with zero attached hydrogens (tertiary/aromatic N) is 2. The number of benzene rings is 1. The Kier molecular flexibility index (Phi) is 4.24. The number of carbonyl (C=O) groups is 1. The van der Waals surface area contributed by atoms with Crippen molar-refractivity contribution in [1.29, 1.82) is 0 Å². The van der Waals surface area contributed by atoms with Crippen molar-refractivity contribution in [3.8, 4) is 11.5 Å². The molecule has 0 aliphatic heterocycles. The molecule has 6 nitrogen and oxygen atoms in total. The molecule has 0 aliphatic carbocycles. The molecule has 0 aliphatic rings. The molecule has 1 aromatic carbocycles. The van der Waals surface area contributed by atoms with Gasteiger partial charge in [-0.15, -0.1) is 0 Å². The Bertz CT molecular complexity index is 590. The first-order chi connectivity index (χ1) is 9.65. The molecule has 0 amide bonds. The quantitative estimate of drug-likeness (QED) is 0.875. The zero-order valence-electron chi connectivity index (χ0n) is 11.4. The molecule has 106 valence electrons. The maximum Gasteiger partial charge on any atom is 0.339 e. The molecule has 6 heteroatoms. The van der Waals surface area contributed by atoms with Gasteiger partial charge < -0.3 is 14.6 Å². The van der Waals surface area contributed by atoms with Gasteiger partial charge in [-0.2, -0.15) is 5.10 Å². The molecule has 0 atom stereocenters. The van der Waals surface area contributed by atoms with Crippen LogP contribution in [0.15, 0.2) is 30.5 Å². The number of methoxy groups -OCH3 is 1. The summed E-state index contributed by atoms with van der Waals surface area (Å²) in [7, 11) is 1.59. The largest absolute Gasteiger partial charge is 0.497 e. The summed E-state index contributed by atoms with van der Waals surface area (Å²) in [5.74, 6) is 0.381. The van der Waals surface area contributed by atoms with Crippen LogP contribution >= 0.6 is 0 Å². The van der Waals surface area contributed by atoms with E-state index in [-0.39, 0.29) is 12.2 Å². The Morgan fingerprint density at radius 1 is 1.30 bits per heavy atom. The fourth-order valence-electron chi connectivity index (χ4n) is 1.84. The molecule has 20 heavy (non-hydrogen) atoms. The van der Waals surface area contributed by atoms with E-state index in [1.807, 2.05) is 6.92 Å². The Hall–Kier alpha value is -2.50. The average Bonchev–Trinajstić information content (AvgIpc) is 2.88.